The van der Waals surface area contributed by atoms with Gasteiger partial charge in [0.15, 0.2) is 0 Å². The Hall–Kier alpha value is -3.14. The first kappa shape index (κ1) is 19.2. The molecule has 0 bridgehead atoms. The zero-order valence-electron chi connectivity index (χ0n) is 15.6. The minimum absolute atomic E-state index is 0.171. The zero-order valence-corrected chi connectivity index (χ0v) is 16.5. The maximum absolute atomic E-state index is 12.6. The molecule has 4 rings (SSSR count). The van der Waals surface area contributed by atoms with Crippen molar-refractivity contribution in [3.63, 3.8) is 0 Å². The van der Waals surface area contributed by atoms with E-state index in [4.69, 9.17) is 9.15 Å². The molecule has 4 amide bonds. The van der Waals surface area contributed by atoms with Crippen LogP contribution in [0.1, 0.15) is 36.5 Å². The molecule has 1 saturated carbocycles. The average molecular weight is 417 g/mol. The van der Waals surface area contributed by atoms with Crippen molar-refractivity contribution in [2.24, 2.45) is 0 Å². The van der Waals surface area contributed by atoms with Crippen LogP contribution in [-0.2, 0) is 14.3 Å². The van der Waals surface area contributed by atoms with Crippen molar-refractivity contribution in [1.82, 2.24) is 10.2 Å². The van der Waals surface area contributed by atoms with E-state index in [0.717, 1.165) is 22.7 Å². The van der Waals surface area contributed by atoms with Crippen LogP contribution in [0.5, 0.6) is 0 Å². The Bertz CT molecular complexity index is 976. The van der Waals surface area contributed by atoms with Crippen LogP contribution in [0.3, 0.4) is 0 Å². The number of anilines is 1. The number of carbonyl (C=O) groups is 4. The van der Waals surface area contributed by atoms with E-state index in [1.807, 2.05) is 0 Å². The van der Waals surface area contributed by atoms with Crippen molar-refractivity contribution < 1.29 is 28.3 Å². The van der Waals surface area contributed by atoms with Crippen LogP contribution >= 0.6 is 11.3 Å². The molecular formula is C19H19N3O6S. The van der Waals surface area contributed by atoms with Gasteiger partial charge in [-0.3, -0.25) is 14.5 Å². The van der Waals surface area contributed by atoms with E-state index in [-0.39, 0.29) is 23.1 Å². The maximum Gasteiger partial charge on any atom is 0.341 e. The van der Waals surface area contributed by atoms with E-state index >= 15 is 0 Å². The van der Waals surface area contributed by atoms with Crippen LogP contribution in [0.2, 0.25) is 0 Å². The number of thiophene rings is 1. The molecular weight excluding hydrogens is 398 g/mol. The van der Waals surface area contributed by atoms with Gasteiger partial charge in [0, 0.05) is 10.9 Å². The molecule has 152 valence electrons. The number of imide groups is 1. The van der Waals surface area contributed by atoms with Crippen molar-refractivity contribution in [2.45, 2.75) is 31.7 Å². The first-order valence-corrected chi connectivity index (χ1v) is 10.1. The number of ether oxygens (including phenoxy) is 1. The number of rotatable bonds is 6. The van der Waals surface area contributed by atoms with Gasteiger partial charge >= 0.3 is 12.0 Å². The molecule has 1 spiro atoms. The molecule has 29 heavy (non-hydrogen) atoms. The summed E-state index contributed by atoms with van der Waals surface area (Å²) in [5.41, 5.74) is -0.173. The van der Waals surface area contributed by atoms with E-state index in [2.05, 4.69) is 10.6 Å². The highest BCUT2D eigenvalue weighted by atomic mass is 32.1. The van der Waals surface area contributed by atoms with Crippen LogP contribution in [-0.4, -0.2) is 47.4 Å². The fourth-order valence-corrected chi connectivity index (χ4v) is 4.42. The standard InChI is InChI=1S/C19H19N3O6S/c1-2-27-16(24)14-11(12-5-3-8-28-12)10-29-15(14)20-13(23)9-22-17(25)19(6-4-7-19)21-18(22)26/h3,5,8,10H,2,4,6-7,9H2,1H3,(H,20,23)(H,21,26). The Kier molecular flexibility index (Phi) is 4.87. The molecule has 0 radical (unpaired) electrons. The molecule has 2 aromatic heterocycles. The summed E-state index contributed by atoms with van der Waals surface area (Å²) in [7, 11) is 0. The molecule has 1 saturated heterocycles. The smallest absolute Gasteiger partial charge is 0.341 e. The lowest BCUT2D eigenvalue weighted by atomic mass is 9.77. The van der Waals surface area contributed by atoms with Gasteiger partial charge in [-0.2, -0.15) is 0 Å². The highest BCUT2D eigenvalue weighted by molar-refractivity contribution is 7.15. The predicted molar refractivity (Wildman–Crippen MR) is 103 cm³/mol. The molecule has 0 unspecified atom stereocenters. The van der Waals surface area contributed by atoms with Gasteiger partial charge in [0.05, 0.1) is 12.9 Å². The van der Waals surface area contributed by atoms with E-state index in [1.54, 1.807) is 24.4 Å². The van der Waals surface area contributed by atoms with Crippen molar-refractivity contribution in [1.29, 1.82) is 0 Å². The second-order valence-corrected chi connectivity index (χ2v) is 7.74. The number of urea groups is 1. The lowest BCUT2D eigenvalue weighted by Gasteiger charge is -2.34. The van der Waals surface area contributed by atoms with Gasteiger partial charge in [-0.25, -0.2) is 9.59 Å². The minimum atomic E-state index is -0.844. The van der Waals surface area contributed by atoms with Crippen molar-refractivity contribution in [2.75, 3.05) is 18.5 Å². The van der Waals surface area contributed by atoms with Crippen molar-refractivity contribution in [3.05, 3.63) is 29.3 Å². The Morgan fingerprint density at radius 2 is 2.17 bits per heavy atom. The molecule has 1 aliphatic carbocycles. The van der Waals surface area contributed by atoms with E-state index in [0.29, 0.717) is 24.2 Å². The molecule has 0 atom stereocenters. The van der Waals surface area contributed by atoms with Crippen LogP contribution in [0, 0.1) is 0 Å². The molecule has 9 nitrogen and oxygen atoms in total. The number of esters is 1. The molecule has 3 heterocycles. The number of nitrogens with zero attached hydrogens (tertiary/aromatic N) is 1. The minimum Gasteiger partial charge on any atom is -0.464 e. The SMILES string of the molecule is CCOC(=O)c1c(-c2ccco2)csc1NC(=O)CN1C(=O)NC2(CCC2)C1=O. The third kappa shape index (κ3) is 3.29. The van der Waals surface area contributed by atoms with Crippen LogP contribution in [0.15, 0.2) is 28.2 Å². The third-order valence-corrected chi connectivity index (χ3v) is 5.96. The van der Waals surface area contributed by atoms with Crippen LogP contribution < -0.4 is 10.6 Å². The Morgan fingerprint density at radius 3 is 2.76 bits per heavy atom. The van der Waals surface area contributed by atoms with Gasteiger partial charge in [-0.05, 0) is 38.3 Å². The molecule has 2 fully saturated rings. The summed E-state index contributed by atoms with van der Waals surface area (Å²) in [6, 6.07) is 2.81. The quantitative estimate of drug-likeness (QED) is 0.551. The Balaban J connectivity index is 1.53. The van der Waals surface area contributed by atoms with E-state index < -0.39 is 30.0 Å². The summed E-state index contributed by atoms with van der Waals surface area (Å²) < 4.78 is 10.5. The normalized spacial score (nSPS) is 17.2. The Labute approximate surface area is 170 Å². The Morgan fingerprint density at radius 1 is 1.38 bits per heavy atom. The monoisotopic (exact) mass is 417 g/mol. The van der Waals surface area contributed by atoms with Crippen LogP contribution in [0.25, 0.3) is 11.3 Å². The molecule has 1 aliphatic heterocycles. The summed E-state index contributed by atoms with van der Waals surface area (Å²) in [6.45, 7) is 1.43. The number of amides is 4. The fraction of sp³-hybridized carbons (Fsp3) is 0.368. The molecule has 0 aromatic carbocycles. The summed E-state index contributed by atoms with van der Waals surface area (Å²) in [5.74, 6) is -1.09. The fourth-order valence-electron chi connectivity index (χ4n) is 3.47. The summed E-state index contributed by atoms with van der Waals surface area (Å²) >= 11 is 1.14. The lowest BCUT2D eigenvalue weighted by Crippen LogP contribution is -2.52. The number of nitrogens with one attached hydrogen (secondary N) is 2. The zero-order chi connectivity index (χ0) is 20.6. The number of hydrogen-bond donors (Lipinski definition) is 2. The highest BCUT2D eigenvalue weighted by Crippen LogP contribution is 2.38. The first-order chi connectivity index (χ1) is 13.9. The first-order valence-electron chi connectivity index (χ1n) is 9.21. The van der Waals surface area contributed by atoms with E-state index in [9.17, 15) is 19.2 Å². The predicted octanol–water partition coefficient (Wildman–Crippen LogP) is 2.60. The molecule has 10 heteroatoms. The maximum atomic E-state index is 12.6. The summed E-state index contributed by atoms with van der Waals surface area (Å²) in [5, 5.41) is 7.25. The van der Waals surface area contributed by atoms with Gasteiger partial charge < -0.3 is 19.8 Å². The molecule has 2 N–H and O–H groups in total. The largest absolute Gasteiger partial charge is 0.464 e. The second-order valence-electron chi connectivity index (χ2n) is 6.86. The summed E-state index contributed by atoms with van der Waals surface area (Å²) in [6.07, 6.45) is 3.51. The molecule has 2 aliphatic rings. The number of hydrogen-bond acceptors (Lipinski definition) is 7. The van der Waals surface area contributed by atoms with Gasteiger partial charge in [-0.1, -0.05) is 0 Å². The number of furan rings is 1. The van der Waals surface area contributed by atoms with E-state index in [1.165, 1.54) is 6.26 Å². The highest BCUT2D eigenvalue weighted by Gasteiger charge is 2.55. The average Bonchev–Trinajstić information content (AvgIpc) is 3.36. The van der Waals surface area contributed by atoms with Crippen molar-refractivity contribution in [3.8, 4) is 11.3 Å². The van der Waals surface area contributed by atoms with Crippen molar-refractivity contribution >= 4 is 40.2 Å². The third-order valence-electron chi connectivity index (χ3n) is 5.06. The number of carbonyl (C=O) groups excluding carboxylic acids is 4. The molecule has 2 aromatic rings. The summed E-state index contributed by atoms with van der Waals surface area (Å²) in [4.78, 5) is 50.6. The van der Waals surface area contributed by atoms with Gasteiger partial charge in [0.1, 0.15) is 28.4 Å². The van der Waals surface area contributed by atoms with Gasteiger partial charge in [0.2, 0.25) is 5.91 Å². The second kappa shape index (κ2) is 7.36. The topological polar surface area (TPSA) is 118 Å². The van der Waals surface area contributed by atoms with Gasteiger partial charge in [-0.15, -0.1) is 11.3 Å². The van der Waals surface area contributed by atoms with Crippen LogP contribution in [0.4, 0.5) is 9.80 Å². The van der Waals surface area contributed by atoms with Gasteiger partial charge in [0.25, 0.3) is 5.91 Å². The lowest BCUT2D eigenvalue weighted by molar-refractivity contribution is -0.136.